The van der Waals surface area contributed by atoms with Crippen LogP contribution in [0.15, 0.2) is 53.4 Å². The summed E-state index contributed by atoms with van der Waals surface area (Å²) in [6, 6.07) is 13.0. The minimum absolute atomic E-state index is 0.00753. The lowest BCUT2D eigenvalue weighted by molar-refractivity contribution is -0.0498. The van der Waals surface area contributed by atoms with E-state index in [9.17, 15) is 18.4 Å². The molecule has 0 aliphatic heterocycles. The molecule has 1 aliphatic carbocycles. The Morgan fingerprint density at radius 2 is 1.75 bits per heavy atom. The van der Waals surface area contributed by atoms with E-state index in [1.54, 1.807) is 12.1 Å². The minimum Gasteiger partial charge on any atom is -0.435 e. The number of alkyl halides is 2. The Morgan fingerprint density at radius 1 is 1.07 bits per heavy atom. The van der Waals surface area contributed by atoms with Crippen LogP contribution in [0, 0.1) is 0 Å². The second-order valence-corrected chi connectivity index (χ2v) is 7.58. The van der Waals surface area contributed by atoms with Gasteiger partial charge in [0.05, 0.1) is 11.3 Å². The summed E-state index contributed by atoms with van der Waals surface area (Å²) in [6.45, 7) is -2.90. The maximum absolute atomic E-state index is 12.6. The van der Waals surface area contributed by atoms with Gasteiger partial charge in [0.1, 0.15) is 5.75 Å². The molecule has 0 aromatic heterocycles. The summed E-state index contributed by atoms with van der Waals surface area (Å²) in [5.74, 6) is -0.119. The molecule has 2 aromatic rings. The van der Waals surface area contributed by atoms with Crippen LogP contribution < -0.4 is 10.1 Å². The van der Waals surface area contributed by atoms with Crippen molar-refractivity contribution < 1.29 is 23.1 Å². The van der Waals surface area contributed by atoms with Gasteiger partial charge in [-0.25, -0.2) is 0 Å². The topological polar surface area (TPSA) is 55.4 Å². The van der Waals surface area contributed by atoms with Crippen LogP contribution in [0.5, 0.6) is 5.75 Å². The van der Waals surface area contributed by atoms with Crippen molar-refractivity contribution >= 4 is 23.5 Å². The number of carbonyl (C=O) groups excluding carboxylic acids is 2. The van der Waals surface area contributed by atoms with Gasteiger partial charge in [-0.1, -0.05) is 25.0 Å². The fraction of sp³-hybridized carbons (Fsp3) is 0.333. The lowest BCUT2D eigenvalue weighted by Crippen LogP contribution is -2.32. The number of amides is 1. The summed E-state index contributed by atoms with van der Waals surface area (Å²) < 4.78 is 28.7. The number of ether oxygens (including phenoxy) is 1. The maximum atomic E-state index is 12.6. The van der Waals surface area contributed by atoms with Crippen molar-refractivity contribution in [3.8, 4) is 5.75 Å². The predicted octanol–water partition coefficient (Wildman–Crippen LogP) is 4.94. The number of carbonyl (C=O) groups is 2. The van der Waals surface area contributed by atoms with Crippen molar-refractivity contribution in [1.29, 1.82) is 0 Å². The summed E-state index contributed by atoms with van der Waals surface area (Å²) >= 11 is 1.29. The average molecular weight is 405 g/mol. The van der Waals surface area contributed by atoms with Gasteiger partial charge >= 0.3 is 6.61 Å². The Balaban J connectivity index is 1.61. The second-order valence-electron chi connectivity index (χ2n) is 6.57. The standard InChI is InChI=1S/C21H21F2NO3S/c22-21(23)27-16-11-9-14(10-12-16)18(25)13-28-19-8-4-3-7-17(19)20(26)24-15-5-1-2-6-15/h3-4,7-12,15,21H,1-2,5-6,13H2,(H,24,26). The molecule has 0 saturated heterocycles. The molecule has 0 unspecified atom stereocenters. The number of thioether (sulfide) groups is 1. The predicted molar refractivity (Wildman–Crippen MR) is 104 cm³/mol. The number of hydrogen-bond donors (Lipinski definition) is 1. The van der Waals surface area contributed by atoms with Crippen LogP contribution in [0.4, 0.5) is 8.78 Å². The molecule has 28 heavy (non-hydrogen) atoms. The summed E-state index contributed by atoms with van der Waals surface area (Å²) in [6.07, 6.45) is 4.28. The van der Waals surface area contributed by atoms with Gasteiger partial charge in [0, 0.05) is 16.5 Å². The van der Waals surface area contributed by atoms with Crippen molar-refractivity contribution in [2.24, 2.45) is 0 Å². The molecule has 1 fully saturated rings. The fourth-order valence-corrected chi connectivity index (χ4v) is 4.11. The van der Waals surface area contributed by atoms with Gasteiger partial charge < -0.3 is 10.1 Å². The number of benzene rings is 2. The zero-order valence-electron chi connectivity index (χ0n) is 15.2. The molecule has 148 valence electrons. The number of halogens is 2. The number of Topliss-reactive ketones (excluding diaryl/α,β-unsaturated/α-hetero) is 1. The van der Waals surface area contributed by atoms with Crippen molar-refractivity contribution in [2.45, 2.75) is 43.2 Å². The zero-order valence-corrected chi connectivity index (χ0v) is 16.0. The number of hydrogen-bond acceptors (Lipinski definition) is 4. The molecule has 4 nitrogen and oxygen atoms in total. The largest absolute Gasteiger partial charge is 0.435 e. The van der Waals surface area contributed by atoms with Gasteiger partial charge in [-0.15, -0.1) is 11.8 Å². The second kappa shape index (κ2) is 9.68. The van der Waals surface area contributed by atoms with E-state index >= 15 is 0 Å². The van der Waals surface area contributed by atoms with E-state index in [1.165, 1.54) is 36.0 Å². The third-order valence-corrected chi connectivity index (χ3v) is 5.66. The van der Waals surface area contributed by atoms with Crippen molar-refractivity contribution in [2.75, 3.05) is 5.75 Å². The Hall–Kier alpha value is -2.41. The monoisotopic (exact) mass is 405 g/mol. The molecule has 1 aliphatic rings. The van der Waals surface area contributed by atoms with Gasteiger partial charge in [0.25, 0.3) is 5.91 Å². The van der Waals surface area contributed by atoms with Crippen molar-refractivity contribution in [3.63, 3.8) is 0 Å². The highest BCUT2D eigenvalue weighted by Gasteiger charge is 2.20. The molecule has 2 aromatic carbocycles. The first-order valence-corrected chi connectivity index (χ1v) is 10.1. The van der Waals surface area contributed by atoms with Crippen LogP contribution in [-0.4, -0.2) is 30.1 Å². The van der Waals surface area contributed by atoms with Crippen LogP contribution in [0.3, 0.4) is 0 Å². The Kier molecular flexibility index (Phi) is 7.03. The van der Waals surface area contributed by atoms with Gasteiger partial charge in [0.15, 0.2) is 5.78 Å². The highest BCUT2D eigenvalue weighted by molar-refractivity contribution is 8.00. The van der Waals surface area contributed by atoms with Gasteiger partial charge in [-0.2, -0.15) is 8.78 Å². The molecule has 1 saturated carbocycles. The molecule has 0 bridgehead atoms. The number of rotatable bonds is 8. The van der Waals surface area contributed by atoms with Crippen LogP contribution >= 0.6 is 11.8 Å². The smallest absolute Gasteiger partial charge is 0.387 e. The van der Waals surface area contributed by atoms with E-state index in [1.807, 2.05) is 12.1 Å². The molecular formula is C21H21F2NO3S. The van der Waals surface area contributed by atoms with Crippen LogP contribution in [0.1, 0.15) is 46.4 Å². The Bertz CT molecular complexity index is 821. The van der Waals surface area contributed by atoms with E-state index in [2.05, 4.69) is 10.1 Å². The van der Waals surface area contributed by atoms with Crippen molar-refractivity contribution in [3.05, 3.63) is 59.7 Å². The van der Waals surface area contributed by atoms with E-state index in [0.29, 0.717) is 11.1 Å². The van der Waals surface area contributed by atoms with Gasteiger partial charge in [-0.3, -0.25) is 9.59 Å². The summed E-state index contributed by atoms with van der Waals surface area (Å²) in [4.78, 5) is 25.7. The Labute approximate surface area is 166 Å². The summed E-state index contributed by atoms with van der Waals surface area (Å²) in [7, 11) is 0. The molecule has 0 heterocycles. The number of nitrogens with one attached hydrogen (secondary N) is 1. The SMILES string of the molecule is O=C(CSc1ccccc1C(=O)NC1CCCC1)c1ccc(OC(F)F)cc1. The highest BCUT2D eigenvalue weighted by atomic mass is 32.2. The lowest BCUT2D eigenvalue weighted by Gasteiger charge is -2.14. The van der Waals surface area contributed by atoms with E-state index < -0.39 is 6.61 Å². The maximum Gasteiger partial charge on any atom is 0.387 e. The molecule has 3 rings (SSSR count). The molecule has 0 spiro atoms. The molecule has 7 heteroatoms. The van der Waals surface area contributed by atoms with Crippen LogP contribution in [0.2, 0.25) is 0 Å². The average Bonchev–Trinajstić information content (AvgIpc) is 3.19. The van der Waals surface area contributed by atoms with E-state index in [0.717, 1.165) is 30.6 Å². The first kappa shape index (κ1) is 20.3. The van der Waals surface area contributed by atoms with E-state index in [-0.39, 0.29) is 29.2 Å². The summed E-state index contributed by atoms with van der Waals surface area (Å²) in [5.41, 5.74) is 0.967. The van der Waals surface area contributed by atoms with E-state index in [4.69, 9.17) is 0 Å². The molecule has 0 atom stereocenters. The molecule has 1 N–H and O–H groups in total. The quantitative estimate of drug-likeness (QED) is 0.500. The van der Waals surface area contributed by atoms with Gasteiger partial charge in [0.2, 0.25) is 0 Å². The van der Waals surface area contributed by atoms with Crippen LogP contribution in [0.25, 0.3) is 0 Å². The third-order valence-electron chi connectivity index (χ3n) is 4.58. The number of ketones is 1. The first-order valence-electron chi connectivity index (χ1n) is 9.13. The molecular weight excluding hydrogens is 384 g/mol. The van der Waals surface area contributed by atoms with Crippen molar-refractivity contribution in [1.82, 2.24) is 5.32 Å². The summed E-state index contributed by atoms with van der Waals surface area (Å²) in [5, 5.41) is 3.06. The normalized spacial score (nSPS) is 14.2. The zero-order chi connectivity index (χ0) is 19.9. The Morgan fingerprint density at radius 3 is 2.43 bits per heavy atom. The van der Waals surface area contributed by atoms with Crippen LogP contribution in [-0.2, 0) is 0 Å². The van der Waals surface area contributed by atoms with Gasteiger partial charge in [-0.05, 0) is 49.2 Å². The fourth-order valence-electron chi connectivity index (χ4n) is 3.16. The first-order chi connectivity index (χ1) is 13.5. The highest BCUT2D eigenvalue weighted by Crippen LogP contribution is 2.25. The third kappa shape index (κ3) is 5.55. The minimum atomic E-state index is -2.90. The molecule has 1 amide bonds. The molecule has 0 radical (unpaired) electrons. The lowest BCUT2D eigenvalue weighted by atomic mass is 10.1.